The van der Waals surface area contributed by atoms with Gasteiger partial charge in [-0.2, -0.15) is 0 Å². The molecular weight excluding hydrogens is 598 g/mol. The zero-order valence-electron chi connectivity index (χ0n) is 30.2. The molecule has 1 unspecified atom stereocenters. The van der Waals surface area contributed by atoms with Crippen molar-refractivity contribution in [2.75, 3.05) is 13.2 Å². The van der Waals surface area contributed by atoms with Gasteiger partial charge < -0.3 is 31.3 Å². The summed E-state index contributed by atoms with van der Waals surface area (Å²) < 4.78 is 6.19. The molecule has 0 radical (unpaired) electrons. The van der Waals surface area contributed by atoms with E-state index in [1.807, 2.05) is 41.5 Å². The summed E-state index contributed by atoms with van der Waals surface area (Å²) in [7, 11) is 0. The fraction of sp³-hybridized carbons (Fsp3) is 0.861. The predicted molar refractivity (Wildman–Crippen MR) is 182 cm³/mol. The lowest BCUT2D eigenvalue weighted by molar-refractivity contribution is -0.145. The van der Waals surface area contributed by atoms with Crippen LogP contribution in [0.25, 0.3) is 0 Å². The van der Waals surface area contributed by atoms with Crippen molar-refractivity contribution in [1.29, 1.82) is 0 Å². The van der Waals surface area contributed by atoms with Crippen LogP contribution in [0.5, 0.6) is 0 Å². The molecule has 268 valence electrons. The molecule has 3 aliphatic rings. The molecule has 2 aliphatic carbocycles. The highest BCUT2D eigenvalue weighted by Crippen LogP contribution is 2.41. The summed E-state index contributed by atoms with van der Waals surface area (Å²) in [5.74, 6) is -2.72. The van der Waals surface area contributed by atoms with Crippen molar-refractivity contribution in [3.05, 3.63) is 0 Å². The first-order valence-corrected chi connectivity index (χ1v) is 18.2. The number of carbonyl (C=O) groups is 5. The van der Waals surface area contributed by atoms with Gasteiger partial charge in [-0.1, -0.05) is 79.1 Å². The summed E-state index contributed by atoms with van der Waals surface area (Å²) in [5.41, 5.74) is 3.97. The van der Waals surface area contributed by atoms with E-state index in [-0.39, 0.29) is 29.4 Å². The number of urea groups is 1. The highest BCUT2D eigenvalue weighted by molar-refractivity contribution is 6.37. The van der Waals surface area contributed by atoms with Crippen LogP contribution in [0.1, 0.15) is 138 Å². The number of ether oxygens (including phenoxy) is 1. The third kappa shape index (κ3) is 10.4. The minimum absolute atomic E-state index is 0.0819. The topological polar surface area (TPSA) is 160 Å². The van der Waals surface area contributed by atoms with Crippen molar-refractivity contribution in [2.45, 2.75) is 168 Å². The molecular formula is C36H63N5O6. The normalized spacial score (nSPS) is 23.9. The SMILES string of the molecule is CCCCC(NC(=O)[C@@H]1[C@@H](C(C)C)CCN1C(=O)[C@@H](NC(=O)NC1(COC(C)(C)C)CCCCC1)C1(C)CCCCC1)C(=O)C(N)=O. The summed E-state index contributed by atoms with van der Waals surface area (Å²) in [6, 6.07) is -3.10. The van der Waals surface area contributed by atoms with Crippen LogP contribution in [0.3, 0.4) is 0 Å². The average molecular weight is 662 g/mol. The van der Waals surface area contributed by atoms with Gasteiger partial charge in [0.1, 0.15) is 12.1 Å². The molecule has 11 heteroatoms. The van der Waals surface area contributed by atoms with Gasteiger partial charge in [-0.15, -0.1) is 0 Å². The van der Waals surface area contributed by atoms with Gasteiger partial charge in [-0.25, -0.2) is 4.79 Å². The van der Waals surface area contributed by atoms with E-state index >= 15 is 0 Å². The van der Waals surface area contributed by atoms with Crippen molar-refractivity contribution >= 4 is 29.5 Å². The van der Waals surface area contributed by atoms with E-state index in [1.165, 1.54) is 0 Å². The van der Waals surface area contributed by atoms with E-state index in [4.69, 9.17) is 10.5 Å². The molecule has 11 nitrogen and oxygen atoms in total. The van der Waals surface area contributed by atoms with Crippen molar-refractivity contribution in [2.24, 2.45) is 23.0 Å². The first-order chi connectivity index (χ1) is 22.0. The predicted octanol–water partition coefficient (Wildman–Crippen LogP) is 4.75. The van der Waals surface area contributed by atoms with Crippen LogP contribution in [-0.4, -0.2) is 76.9 Å². The van der Waals surface area contributed by atoms with E-state index in [2.05, 4.69) is 22.9 Å². The van der Waals surface area contributed by atoms with E-state index in [0.29, 0.717) is 32.4 Å². The Balaban J connectivity index is 1.91. The Bertz CT molecular complexity index is 1110. The molecule has 3 rings (SSSR count). The highest BCUT2D eigenvalue weighted by Gasteiger charge is 2.50. The smallest absolute Gasteiger partial charge is 0.315 e. The molecule has 2 saturated carbocycles. The zero-order chi connectivity index (χ0) is 35.0. The number of unbranched alkanes of at least 4 members (excludes halogenated alkanes) is 1. The number of rotatable bonds is 14. The number of hydrogen-bond donors (Lipinski definition) is 4. The van der Waals surface area contributed by atoms with Crippen LogP contribution in [0.2, 0.25) is 0 Å². The number of amides is 5. The fourth-order valence-electron chi connectivity index (χ4n) is 7.85. The molecule has 1 heterocycles. The molecule has 1 aliphatic heterocycles. The first-order valence-electron chi connectivity index (χ1n) is 18.2. The summed E-state index contributed by atoms with van der Waals surface area (Å²) in [4.78, 5) is 68.8. The van der Waals surface area contributed by atoms with Gasteiger partial charge in [-0.3, -0.25) is 19.2 Å². The maximum absolute atomic E-state index is 14.7. The number of nitrogens with zero attached hydrogens (tertiary/aromatic N) is 1. The Morgan fingerprint density at radius 3 is 2.06 bits per heavy atom. The first kappa shape index (κ1) is 38.8. The number of ketones is 1. The maximum atomic E-state index is 14.7. The molecule has 5 N–H and O–H groups in total. The van der Waals surface area contributed by atoms with E-state index in [9.17, 15) is 24.0 Å². The highest BCUT2D eigenvalue weighted by atomic mass is 16.5. The summed E-state index contributed by atoms with van der Waals surface area (Å²) in [5, 5.41) is 9.20. The van der Waals surface area contributed by atoms with Gasteiger partial charge in [-0.05, 0) is 76.5 Å². The number of likely N-dealkylation sites (tertiary alicyclic amines) is 1. The van der Waals surface area contributed by atoms with Gasteiger partial charge in [0, 0.05) is 6.54 Å². The van der Waals surface area contributed by atoms with Crippen LogP contribution in [0, 0.1) is 17.3 Å². The number of hydrogen-bond acceptors (Lipinski definition) is 6. The lowest BCUT2D eigenvalue weighted by Gasteiger charge is -2.44. The minimum atomic E-state index is -1.09. The molecule has 0 aromatic heterocycles. The second kappa shape index (κ2) is 16.6. The lowest BCUT2D eigenvalue weighted by atomic mass is 9.70. The maximum Gasteiger partial charge on any atom is 0.315 e. The number of nitrogens with two attached hydrogens (primary N) is 1. The van der Waals surface area contributed by atoms with Crippen LogP contribution < -0.4 is 21.7 Å². The second-order valence-corrected chi connectivity index (χ2v) is 16.1. The van der Waals surface area contributed by atoms with Crippen LogP contribution in [-0.2, 0) is 23.9 Å². The van der Waals surface area contributed by atoms with Gasteiger partial charge in [0.15, 0.2) is 0 Å². The third-order valence-electron chi connectivity index (χ3n) is 10.8. The molecule has 0 aromatic carbocycles. The van der Waals surface area contributed by atoms with Gasteiger partial charge >= 0.3 is 6.03 Å². The van der Waals surface area contributed by atoms with E-state index < -0.39 is 46.7 Å². The third-order valence-corrected chi connectivity index (χ3v) is 10.8. The quantitative estimate of drug-likeness (QED) is 0.197. The zero-order valence-corrected chi connectivity index (χ0v) is 30.2. The molecule has 47 heavy (non-hydrogen) atoms. The molecule has 0 bridgehead atoms. The van der Waals surface area contributed by atoms with Crippen LogP contribution in [0.4, 0.5) is 4.79 Å². The molecule has 3 fully saturated rings. The van der Waals surface area contributed by atoms with Crippen molar-refractivity contribution < 1.29 is 28.7 Å². The standard InChI is InChI=1S/C36H63N5O6/c1-8-9-16-26(28(42)30(37)43)38-31(44)27-25(24(2)3)17-22-41(27)32(45)29(35(7)18-12-10-13-19-35)39-33(46)40-36(20-14-11-15-21-36)23-47-34(4,5)6/h24-27,29H,8-23H2,1-7H3,(H2,37,43)(H,38,44)(H2,39,40,46)/t25-,26?,27+,29-/m1/s1. The summed E-state index contributed by atoms with van der Waals surface area (Å²) in [6.45, 7) is 14.9. The lowest BCUT2D eigenvalue weighted by Crippen LogP contribution is -2.64. The van der Waals surface area contributed by atoms with E-state index in [1.54, 1.807) is 4.90 Å². The Morgan fingerprint density at radius 1 is 0.936 bits per heavy atom. The van der Waals surface area contributed by atoms with Gasteiger partial charge in [0.05, 0.1) is 23.8 Å². The molecule has 5 amide bonds. The van der Waals surface area contributed by atoms with Gasteiger partial charge in [0.25, 0.3) is 5.91 Å². The second-order valence-electron chi connectivity index (χ2n) is 16.1. The molecule has 4 atom stereocenters. The average Bonchev–Trinajstić information content (AvgIpc) is 3.47. The Morgan fingerprint density at radius 2 is 1.53 bits per heavy atom. The largest absolute Gasteiger partial charge is 0.373 e. The van der Waals surface area contributed by atoms with Crippen LogP contribution >= 0.6 is 0 Å². The van der Waals surface area contributed by atoms with Crippen molar-refractivity contribution in [3.8, 4) is 0 Å². The Labute approximate surface area is 282 Å². The van der Waals surface area contributed by atoms with Crippen molar-refractivity contribution in [3.63, 3.8) is 0 Å². The summed E-state index contributed by atoms with van der Waals surface area (Å²) >= 11 is 0. The minimum Gasteiger partial charge on any atom is -0.373 e. The molecule has 1 saturated heterocycles. The summed E-state index contributed by atoms with van der Waals surface area (Å²) in [6.07, 6.45) is 11.6. The van der Waals surface area contributed by atoms with Crippen molar-refractivity contribution in [1.82, 2.24) is 20.9 Å². The van der Waals surface area contributed by atoms with Crippen LogP contribution in [0.15, 0.2) is 0 Å². The number of primary amides is 1. The molecule has 0 aromatic rings. The fourth-order valence-corrected chi connectivity index (χ4v) is 7.85. The molecule has 0 spiro atoms. The Hall–Kier alpha value is -2.69. The number of carbonyl (C=O) groups excluding carboxylic acids is 5. The monoisotopic (exact) mass is 661 g/mol. The number of nitrogens with one attached hydrogen (secondary N) is 3. The number of Topliss-reactive ketones (excluding diaryl/α,β-unsaturated/α-hetero) is 1. The van der Waals surface area contributed by atoms with E-state index in [0.717, 1.165) is 70.6 Å². The Kier molecular flexibility index (Phi) is 13.7. The van der Waals surface area contributed by atoms with Gasteiger partial charge in [0.2, 0.25) is 17.6 Å².